The second kappa shape index (κ2) is 7.15. The Bertz CT molecular complexity index is 1040. The highest BCUT2D eigenvalue weighted by molar-refractivity contribution is 7.90. The second-order valence-electron chi connectivity index (χ2n) is 5.76. The Hall–Kier alpha value is -2.90. The van der Waals surface area contributed by atoms with E-state index in [-0.39, 0.29) is 10.5 Å². The fourth-order valence-electron chi connectivity index (χ4n) is 2.72. The number of benzene rings is 2. The van der Waals surface area contributed by atoms with E-state index in [2.05, 4.69) is 5.32 Å². The summed E-state index contributed by atoms with van der Waals surface area (Å²) < 4.78 is 27.5. The zero-order valence-electron chi connectivity index (χ0n) is 14.1. The average molecular weight is 370 g/mol. The van der Waals surface area contributed by atoms with Gasteiger partial charge in [0.15, 0.2) is 0 Å². The Labute approximate surface area is 151 Å². The minimum absolute atomic E-state index is 0.0683. The molecule has 0 spiro atoms. The summed E-state index contributed by atoms with van der Waals surface area (Å²) in [7, 11) is -2.16. The lowest BCUT2D eigenvalue weighted by molar-refractivity contribution is 0.0696. The number of hydrogen-bond donors (Lipinski definition) is 2. The van der Waals surface area contributed by atoms with Gasteiger partial charge < -0.3 is 10.4 Å². The maximum absolute atomic E-state index is 13.2. The van der Waals surface area contributed by atoms with Crippen molar-refractivity contribution in [3.63, 3.8) is 0 Å². The van der Waals surface area contributed by atoms with Gasteiger partial charge in [-0.2, -0.15) is 0 Å². The van der Waals surface area contributed by atoms with Gasteiger partial charge >= 0.3 is 5.97 Å². The van der Waals surface area contributed by atoms with Gasteiger partial charge in [-0.05, 0) is 42.4 Å². The summed E-state index contributed by atoms with van der Waals surface area (Å²) in [5, 5.41) is 12.1. The van der Waals surface area contributed by atoms with Crippen LogP contribution in [-0.2, 0) is 16.6 Å². The van der Waals surface area contributed by atoms with E-state index in [0.717, 1.165) is 11.1 Å². The van der Waals surface area contributed by atoms with E-state index in [1.807, 2.05) is 36.4 Å². The molecule has 134 valence electrons. The maximum atomic E-state index is 13.2. The normalized spacial score (nSPS) is 11.4. The molecule has 0 aliphatic carbocycles. The molecule has 0 radical (unpaired) electrons. The molecule has 0 amide bonds. The molecule has 2 N–H and O–H groups in total. The minimum Gasteiger partial charge on any atom is -0.478 e. The zero-order valence-corrected chi connectivity index (χ0v) is 14.9. The summed E-state index contributed by atoms with van der Waals surface area (Å²) in [4.78, 5) is 11.1. The van der Waals surface area contributed by atoms with Crippen LogP contribution in [0.1, 0.15) is 15.9 Å². The molecule has 3 rings (SSSR count). The van der Waals surface area contributed by atoms with Gasteiger partial charge in [-0.15, -0.1) is 0 Å². The zero-order chi connectivity index (χ0) is 18.7. The molecule has 2 aromatic carbocycles. The molecule has 0 aliphatic rings. The predicted octanol–water partition coefficient (Wildman–Crippen LogP) is 2.81. The SMILES string of the molecule is CNCc1cc(-c2ccccc2)n(S(=O)(=O)c2cccc(C(=O)O)c2)c1. The molecule has 1 heterocycles. The van der Waals surface area contributed by atoms with Gasteiger partial charge in [0.2, 0.25) is 0 Å². The summed E-state index contributed by atoms with van der Waals surface area (Å²) in [5.41, 5.74) is 2.02. The number of nitrogens with zero attached hydrogens (tertiary/aromatic N) is 1. The smallest absolute Gasteiger partial charge is 0.335 e. The van der Waals surface area contributed by atoms with E-state index < -0.39 is 16.0 Å². The van der Waals surface area contributed by atoms with Gasteiger partial charge in [-0.1, -0.05) is 36.4 Å². The maximum Gasteiger partial charge on any atom is 0.335 e. The molecule has 0 saturated carbocycles. The number of carboxylic acids is 1. The largest absolute Gasteiger partial charge is 0.478 e. The summed E-state index contributed by atoms with van der Waals surface area (Å²) >= 11 is 0. The third-order valence-corrected chi connectivity index (χ3v) is 5.60. The van der Waals surface area contributed by atoms with Gasteiger partial charge in [-0.3, -0.25) is 0 Å². The highest BCUT2D eigenvalue weighted by atomic mass is 32.2. The van der Waals surface area contributed by atoms with Crippen LogP contribution < -0.4 is 5.32 Å². The lowest BCUT2D eigenvalue weighted by Gasteiger charge is -2.11. The first kappa shape index (κ1) is 17.9. The first-order valence-electron chi connectivity index (χ1n) is 7.93. The minimum atomic E-state index is -3.95. The molecule has 3 aromatic rings. The Kier molecular flexibility index (Phi) is 4.92. The van der Waals surface area contributed by atoms with Crippen molar-refractivity contribution in [3.8, 4) is 11.3 Å². The first-order chi connectivity index (χ1) is 12.4. The summed E-state index contributed by atoms with van der Waals surface area (Å²) in [6.45, 7) is 0.511. The molecule has 7 heteroatoms. The van der Waals surface area contributed by atoms with E-state index >= 15 is 0 Å². The highest BCUT2D eigenvalue weighted by Crippen LogP contribution is 2.27. The standard InChI is InChI=1S/C19H18N2O4S/c1-20-12-14-10-18(15-6-3-2-4-7-15)21(13-14)26(24,25)17-9-5-8-16(11-17)19(22)23/h2-11,13,20H,12H2,1H3,(H,22,23). The molecule has 0 atom stereocenters. The van der Waals surface area contributed by atoms with E-state index in [0.29, 0.717) is 12.2 Å². The van der Waals surface area contributed by atoms with Crippen LogP contribution in [0.2, 0.25) is 0 Å². The van der Waals surface area contributed by atoms with Crippen LogP contribution in [0.25, 0.3) is 11.3 Å². The van der Waals surface area contributed by atoms with Gasteiger partial charge in [0, 0.05) is 12.7 Å². The Balaban J connectivity index is 2.18. The van der Waals surface area contributed by atoms with Crippen molar-refractivity contribution in [2.75, 3.05) is 7.05 Å². The molecule has 0 aliphatic heterocycles. The van der Waals surface area contributed by atoms with E-state index in [9.17, 15) is 13.2 Å². The molecule has 1 aromatic heterocycles. The third-order valence-electron chi connectivity index (χ3n) is 3.93. The van der Waals surface area contributed by atoms with Crippen molar-refractivity contribution in [3.05, 3.63) is 78.0 Å². The number of rotatable bonds is 6. The average Bonchev–Trinajstić information content (AvgIpc) is 3.08. The predicted molar refractivity (Wildman–Crippen MR) is 98.6 cm³/mol. The second-order valence-corrected chi connectivity index (χ2v) is 7.58. The molecule has 26 heavy (non-hydrogen) atoms. The number of carboxylic acid groups (broad SMARTS) is 1. The van der Waals surface area contributed by atoms with Crippen molar-refractivity contribution in [1.29, 1.82) is 0 Å². The highest BCUT2D eigenvalue weighted by Gasteiger charge is 2.22. The Morgan fingerprint density at radius 3 is 2.46 bits per heavy atom. The number of hydrogen-bond acceptors (Lipinski definition) is 4. The van der Waals surface area contributed by atoms with Crippen LogP contribution in [0.4, 0.5) is 0 Å². The number of nitrogens with one attached hydrogen (secondary N) is 1. The Morgan fingerprint density at radius 2 is 1.81 bits per heavy atom. The van der Waals surface area contributed by atoms with E-state index in [4.69, 9.17) is 5.11 Å². The van der Waals surface area contributed by atoms with Crippen LogP contribution in [0.3, 0.4) is 0 Å². The lowest BCUT2D eigenvalue weighted by Crippen LogP contribution is -2.14. The van der Waals surface area contributed by atoms with E-state index in [1.165, 1.54) is 28.2 Å². The lowest BCUT2D eigenvalue weighted by atomic mass is 10.1. The summed E-state index contributed by atoms with van der Waals surface area (Å²) in [6.07, 6.45) is 1.56. The summed E-state index contributed by atoms with van der Waals surface area (Å²) in [6, 6.07) is 16.4. The number of carbonyl (C=O) groups is 1. The van der Waals surface area contributed by atoms with Crippen molar-refractivity contribution in [1.82, 2.24) is 9.29 Å². The Morgan fingerprint density at radius 1 is 1.08 bits per heavy atom. The fraction of sp³-hybridized carbons (Fsp3) is 0.105. The van der Waals surface area contributed by atoms with Gasteiger partial charge in [0.1, 0.15) is 0 Å². The fourth-order valence-corrected chi connectivity index (χ4v) is 4.16. The topological polar surface area (TPSA) is 88.4 Å². The van der Waals surface area contributed by atoms with Crippen LogP contribution in [0, 0.1) is 0 Å². The van der Waals surface area contributed by atoms with Crippen LogP contribution in [0.5, 0.6) is 0 Å². The molecule has 0 fully saturated rings. The molecule has 0 unspecified atom stereocenters. The molecular weight excluding hydrogens is 352 g/mol. The monoisotopic (exact) mass is 370 g/mol. The van der Waals surface area contributed by atoms with Crippen molar-refractivity contribution in [2.45, 2.75) is 11.4 Å². The summed E-state index contributed by atoms with van der Waals surface area (Å²) in [5.74, 6) is -1.17. The van der Waals surface area contributed by atoms with E-state index in [1.54, 1.807) is 13.2 Å². The molecule has 0 saturated heterocycles. The van der Waals surface area contributed by atoms with Gasteiger partial charge in [-0.25, -0.2) is 17.2 Å². The molecular formula is C19H18N2O4S. The quantitative estimate of drug-likeness (QED) is 0.697. The molecule has 0 bridgehead atoms. The van der Waals surface area contributed by atoms with Gasteiger partial charge in [0.05, 0.1) is 16.2 Å². The van der Waals surface area contributed by atoms with Crippen molar-refractivity contribution < 1.29 is 18.3 Å². The van der Waals surface area contributed by atoms with Crippen molar-refractivity contribution >= 4 is 16.0 Å². The van der Waals surface area contributed by atoms with Gasteiger partial charge in [0.25, 0.3) is 10.0 Å². The van der Waals surface area contributed by atoms with Crippen LogP contribution >= 0.6 is 0 Å². The van der Waals surface area contributed by atoms with Crippen molar-refractivity contribution in [2.24, 2.45) is 0 Å². The number of aromatic nitrogens is 1. The number of aromatic carboxylic acids is 1. The first-order valence-corrected chi connectivity index (χ1v) is 9.37. The van der Waals surface area contributed by atoms with Crippen LogP contribution in [0.15, 0.2) is 71.8 Å². The van der Waals surface area contributed by atoms with Crippen LogP contribution in [-0.4, -0.2) is 30.5 Å². The third kappa shape index (κ3) is 3.40. The molecule has 6 nitrogen and oxygen atoms in total.